The molecule has 2 nitrogen and oxygen atoms in total. The molecule has 0 aromatic heterocycles. The Morgan fingerprint density at radius 1 is 0.750 bits per heavy atom. The largest absolute Gasteiger partial charge is 0.573 e. The summed E-state index contributed by atoms with van der Waals surface area (Å²) in [6, 6.07) is 1.99. The molecule has 0 spiro atoms. The van der Waals surface area contributed by atoms with Crippen LogP contribution in [0.1, 0.15) is 89.9 Å². The molecule has 40 heavy (non-hydrogen) atoms. The SMILES string of the molecule is C=CCCC1CCC(C2CCC(/C=C/C3CCC(C(F)(F)Oc4ccc(OC(F)(F)F)c(F)c4)CC3)CC2)CC1. The Hall–Kier alpha value is -2.12. The molecule has 0 aliphatic heterocycles. The maximum atomic E-state index is 14.8. The van der Waals surface area contributed by atoms with Gasteiger partial charge in [0.15, 0.2) is 11.6 Å². The van der Waals surface area contributed by atoms with Crippen molar-refractivity contribution >= 4 is 0 Å². The highest BCUT2D eigenvalue weighted by Crippen LogP contribution is 2.44. The highest BCUT2D eigenvalue weighted by molar-refractivity contribution is 5.33. The van der Waals surface area contributed by atoms with Crippen molar-refractivity contribution in [3.63, 3.8) is 0 Å². The van der Waals surface area contributed by atoms with E-state index in [1.807, 2.05) is 6.08 Å². The fourth-order valence-corrected chi connectivity index (χ4v) is 7.07. The van der Waals surface area contributed by atoms with Crippen LogP contribution in [-0.4, -0.2) is 12.5 Å². The zero-order valence-electron chi connectivity index (χ0n) is 23.1. The number of benzene rings is 1. The minimum atomic E-state index is -5.08. The Kier molecular flexibility index (Phi) is 10.6. The van der Waals surface area contributed by atoms with Gasteiger partial charge in [-0.25, -0.2) is 4.39 Å². The molecule has 0 amide bonds. The molecule has 3 fully saturated rings. The minimum Gasteiger partial charge on any atom is -0.432 e. The Labute approximate surface area is 234 Å². The van der Waals surface area contributed by atoms with Gasteiger partial charge in [0.25, 0.3) is 0 Å². The van der Waals surface area contributed by atoms with E-state index in [1.165, 1.54) is 57.8 Å². The van der Waals surface area contributed by atoms with Gasteiger partial charge in [0.2, 0.25) is 0 Å². The van der Waals surface area contributed by atoms with Crippen molar-refractivity contribution in [1.29, 1.82) is 0 Å². The average molecular weight is 573 g/mol. The smallest absolute Gasteiger partial charge is 0.432 e. The Morgan fingerprint density at radius 2 is 1.30 bits per heavy atom. The molecule has 0 heterocycles. The van der Waals surface area contributed by atoms with Crippen LogP contribution in [0.5, 0.6) is 11.5 Å². The fraction of sp³-hybridized carbons (Fsp3) is 0.688. The van der Waals surface area contributed by atoms with Crippen molar-refractivity contribution in [3.05, 3.63) is 48.8 Å². The van der Waals surface area contributed by atoms with Crippen LogP contribution in [0.2, 0.25) is 0 Å². The van der Waals surface area contributed by atoms with Crippen molar-refractivity contribution in [1.82, 2.24) is 0 Å². The molecule has 4 rings (SSSR count). The third-order valence-electron chi connectivity index (χ3n) is 9.44. The second kappa shape index (κ2) is 13.7. The summed E-state index contributed by atoms with van der Waals surface area (Å²) in [5, 5.41) is 0. The number of hydrogen-bond acceptors (Lipinski definition) is 2. The first-order valence-corrected chi connectivity index (χ1v) is 14.9. The van der Waals surface area contributed by atoms with Gasteiger partial charge in [-0.2, -0.15) is 8.78 Å². The highest BCUT2D eigenvalue weighted by Gasteiger charge is 2.44. The predicted octanol–water partition coefficient (Wildman–Crippen LogP) is 10.6. The van der Waals surface area contributed by atoms with Gasteiger partial charge in [-0.3, -0.25) is 0 Å². The van der Waals surface area contributed by atoms with Crippen LogP contribution >= 0.6 is 0 Å². The topological polar surface area (TPSA) is 18.5 Å². The summed E-state index contributed by atoms with van der Waals surface area (Å²) in [5.41, 5.74) is 0. The molecule has 0 bridgehead atoms. The van der Waals surface area contributed by atoms with Gasteiger partial charge in [0.1, 0.15) is 5.75 Å². The third kappa shape index (κ3) is 8.94. The number of allylic oxidation sites excluding steroid dienone is 3. The highest BCUT2D eigenvalue weighted by atomic mass is 19.4. The second-order valence-corrected chi connectivity index (χ2v) is 12.1. The van der Waals surface area contributed by atoms with E-state index in [0.717, 1.165) is 30.2 Å². The van der Waals surface area contributed by atoms with Crippen molar-refractivity contribution in [2.75, 3.05) is 0 Å². The molecule has 3 aliphatic rings. The summed E-state index contributed by atoms with van der Waals surface area (Å²) in [5.74, 6) is -0.633. The molecule has 0 radical (unpaired) electrons. The molecule has 224 valence electrons. The summed E-state index contributed by atoms with van der Waals surface area (Å²) >= 11 is 0. The van der Waals surface area contributed by atoms with E-state index in [-0.39, 0.29) is 18.8 Å². The van der Waals surface area contributed by atoms with E-state index in [2.05, 4.69) is 23.5 Å². The number of ether oxygens (including phenoxy) is 2. The molecule has 3 aliphatic carbocycles. The fourth-order valence-electron chi connectivity index (χ4n) is 7.07. The van der Waals surface area contributed by atoms with Gasteiger partial charge < -0.3 is 9.47 Å². The van der Waals surface area contributed by atoms with Crippen molar-refractivity contribution < 1.29 is 35.8 Å². The first-order valence-electron chi connectivity index (χ1n) is 14.9. The maximum Gasteiger partial charge on any atom is 0.573 e. The van der Waals surface area contributed by atoms with Gasteiger partial charge in [0, 0.05) is 6.07 Å². The second-order valence-electron chi connectivity index (χ2n) is 12.1. The summed E-state index contributed by atoms with van der Waals surface area (Å²) in [7, 11) is 0. The zero-order valence-corrected chi connectivity index (χ0v) is 23.1. The minimum absolute atomic E-state index is 0.256. The van der Waals surface area contributed by atoms with Crippen LogP contribution in [-0.2, 0) is 0 Å². The molecular formula is C32H42F6O2. The summed E-state index contributed by atoms with van der Waals surface area (Å²) in [4.78, 5) is 0. The maximum absolute atomic E-state index is 14.8. The lowest BCUT2D eigenvalue weighted by Gasteiger charge is -2.37. The molecule has 1 aromatic carbocycles. The van der Waals surface area contributed by atoms with E-state index in [0.29, 0.717) is 30.9 Å². The van der Waals surface area contributed by atoms with Crippen LogP contribution in [0, 0.1) is 41.3 Å². The zero-order chi connectivity index (χ0) is 28.8. The van der Waals surface area contributed by atoms with Crippen LogP contribution < -0.4 is 9.47 Å². The van der Waals surface area contributed by atoms with Gasteiger partial charge in [-0.1, -0.05) is 31.1 Å². The molecule has 1 aromatic rings. The number of rotatable bonds is 10. The molecule has 0 N–H and O–H groups in total. The van der Waals surface area contributed by atoms with Crippen LogP contribution in [0.3, 0.4) is 0 Å². The number of alkyl halides is 5. The van der Waals surface area contributed by atoms with Crippen LogP contribution in [0.25, 0.3) is 0 Å². The lowest BCUT2D eigenvalue weighted by Crippen LogP contribution is -2.37. The van der Waals surface area contributed by atoms with E-state index in [9.17, 15) is 26.3 Å². The normalized spacial score (nSPS) is 30.2. The molecule has 8 heteroatoms. The number of hydrogen-bond donors (Lipinski definition) is 0. The van der Waals surface area contributed by atoms with E-state index >= 15 is 0 Å². The van der Waals surface area contributed by atoms with Crippen molar-refractivity contribution in [3.8, 4) is 11.5 Å². The first kappa shape index (κ1) is 30.8. The average Bonchev–Trinajstić information content (AvgIpc) is 2.92. The van der Waals surface area contributed by atoms with Crippen molar-refractivity contribution in [2.24, 2.45) is 35.5 Å². The van der Waals surface area contributed by atoms with Crippen LogP contribution in [0.4, 0.5) is 26.3 Å². The lowest BCUT2D eigenvalue weighted by atomic mass is 9.68. The molecule has 0 atom stereocenters. The Morgan fingerprint density at radius 3 is 1.82 bits per heavy atom. The third-order valence-corrected chi connectivity index (χ3v) is 9.44. The molecule has 0 saturated heterocycles. The number of halogens is 6. The van der Waals surface area contributed by atoms with Gasteiger partial charge in [-0.05, 0) is 119 Å². The van der Waals surface area contributed by atoms with E-state index in [1.54, 1.807) is 0 Å². The Bertz CT molecular complexity index is 966. The molecular weight excluding hydrogens is 530 g/mol. The first-order chi connectivity index (χ1) is 19.0. The van der Waals surface area contributed by atoms with Crippen molar-refractivity contribution in [2.45, 2.75) is 102 Å². The van der Waals surface area contributed by atoms with Gasteiger partial charge in [-0.15, -0.1) is 19.8 Å². The monoisotopic (exact) mass is 572 g/mol. The van der Waals surface area contributed by atoms with E-state index < -0.39 is 35.7 Å². The summed E-state index contributed by atoms with van der Waals surface area (Å²) in [6.07, 6.45) is 12.6. The standard InChI is InChI=1S/C32H42F6O2/c1-2-3-4-22-7-13-25(14-8-22)26-15-9-23(10-16-26)5-6-24-11-17-27(18-12-24)31(34,35)39-28-19-20-30(29(33)21-28)40-32(36,37)38/h2,5-6,19-27H,1,3-4,7-18H2/b6-5+. The quantitative estimate of drug-likeness (QED) is 0.205. The molecule has 3 saturated carbocycles. The summed E-state index contributed by atoms with van der Waals surface area (Å²) < 4.78 is 88.7. The van der Waals surface area contributed by atoms with E-state index in [4.69, 9.17) is 4.74 Å². The van der Waals surface area contributed by atoms with Gasteiger partial charge in [0.05, 0.1) is 5.92 Å². The lowest BCUT2D eigenvalue weighted by molar-refractivity contribution is -0.275. The summed E-state index contributed by atoms with van der Waals surface area (Å²) in [6.45, 7) is 3.85. The molecule has 0 unspecified atom stereocenters. The van der Waals surface area contributed by atoms with Gasteiger partial charge >= 0.3 is 12.5 Å². The predicted molar refractivity (Wildman–Crippen MR) is 144 cm³/mol. The van der Waals surface area contributed by atoms with Crippen LogP contribution in [0.15, 0.2) is 43.0 Å². The Balaban J connectivity index is 1.17.